The van der Waals surface area contributed by atoms with Crippen LogP contribution in [-0.2, 0) is 13.7 Å². The van der Waals surface area contributed by atoms with E-state index in [1.807, 2.05) is 43.6 Å². The van der Waals surface area contributed by atoms with Gasteiger partial charge in [-0.25, -0.2) is 0 Å². The summed E-state index contributed by atoms with van der Waals surface area (Å²) in [5.41, 5.74) is 2.32. The Morgan fingerprint density at radius 2 is 2.06 bits per heavy atom. The van der Waals surface area contributed by atoms with Gasteiger partial charge >= 0.3 is 0 Å². The topological polar surface area (TPSA) is 59.6 Å². The highest BCUT2D eigenvalue weighted by Gasteiger charge is 2.01. The van der Waals surface area contributed by atoms with E-state index in [9.17, 15) is 0 Å². The van der Waals surface area contributed by atoms with Crippen molar-refractivity contribution in [1.82, 2.24) is 9.78 Å². The van der Waals surface area contributed by atoms with E-state index >= 15 is 0 Å². The van der Waals surface area contributed by atoms with Gasteiger partial charge in [0, 0.05) is 13.2 Å². The molecule has 0 bridgehead atoms. The van der Waals surface area contributed by atoms with Crippen molar-refractivity contribution in [3.63, 3.8) is 0 Å². The Balaban J connectivity index is 1.98. The molecule has 1 aromatic carbocycles. The van der Waals surface area contributed by atoms with Crippen molar-refractivity contribution in [2.24, 2.45) is 12.2 Å². The van der Waals surface area contributed by atoms with Crippen molar-refractivity contribution < 1.29 is 9.94 Å². The smallest absolute Gasteiger partial charge is 0.132 e. The quantitative estimate of drug-likeness (QED) is 0.510. The Bertz CT molecular complexity index is 544. The molecular formula is C13H15N3O2. The molecule has 2 aromatic rings. The molecule has 0 saturated heterocycles. The van der Waals surface area contributed by atoms with Crippen LogP contribution >= 0.6 is 0 Å². The second-order valence-corrected chi connectivity index (χ2v) is 3.98. The zero-order valence-corrected chi connectivity index (χ0v) is 10.4. The number of oxime groups is 1. The molecule has 94 valence electrons. The first kappa shape index (κ1) is 12.2. The van der Waals surface area contributed by atoms with E-state index in [-0.39, 0.29) is 0 Å². The van der Waals surface area contributed by atoms with Crippen molar-refractivity contribution in [3.8, 4) is 5.75 Å². The molecule has 0 unspecified atom stereocenters. The number of benzene rings is 1. The summed E-state index contributed by atoms with van der Waals surface area (Å²) >= 11 is 0. The van der Waals surface area contributed by atoms with Gasteiger partial charge in [-0.05, 0) is 42.8 Å². The Hall–Kier alpha value is -2.30. The third kappa shape index (κ3) is 2.88. The lowest BCUT2D eigenvalue weighted by molar-refractivity contribution is 0.300. The maximum absolute atomic E-state index is 8.66. The van der Waals surface area contributed by atoms with E-state index in [1.165, 1.54) is 0 Å². The Morgan fingerprint density at radius 3 is 2.61 bits per heavy atom. The minimum Gasteiger partial charge on any atom is -0.487 e. The third-order valence-electron chi connectivity index (χ3n) is 2.58. The fourth-order valence-corrected chi connectivity index (χ4v) is 1.55. The van der Waals surface area contributed by atoms with Gasteiger partial charge < -0.3 is 9.94 Å². The van der Waals surface area contributed by atoms with Crippen molar-refractivity contribution in [2.75, 3.05) is 0 Å². The molecule has 0 amide bonds. The average molecular weight is 245 g/mol. The fourth-order valence-electron chi connectivity index (χ4n) is 1.55. The molecule has 1 N–H and O–H groups in total. The number of hydrogen-bond acceptors (Lipinski definition) is 4. The minimum atomic E-state index is 0.438. The number of aromatic nitrogens is 2. The summed E-state index contributed by atoms with van der Waals surface area (Å²) in [7, 11) is 1.87. The van der Waals surface area contributed by atoms with Gasteiger partial charge in [-0.3, -0.25) is 4.68 Å². The van der Waals surface area contributed by atoms with E-state index in [0.29, 0.717) is 12.3 Å². The molecule has 5 nitrogen and oxygen atoms in total. The van der Waals surface area contributed by atoms with Gasteiger partial charge in [-0.1, -0.05) is 5.16 Å². The zero-order valence-electron chi connectivity index (χ0n) is 10.4. The van der Waals surface area contributed by atoms with Crippen molar-refractivity contribution in [1.29, 1.82) is 0 Å². The minimum absolute atomic E-state index is 0.438. The molecule has 0 aliphatic carbocycles. The third-order valence-corrected chi connectivity index (χ3v) is 2.58. The highest BCUT2D eigenvalue weighted by molar-refractivity contribution is 5.98. The fraction of sp³-hybridized carbons (Fsp3) is 0.231. The van der Waals surface area contributed by atoms with Crippen LogP contribution in [-0.4, -0.2) is 20.7 Å². The molecule has 1 aromatic heterocycles. The molecule has 5 heteroatoms. The molecule has 0 atom stereocenters. The normalized spacial score (nSPS) is 11.6. The second-order valence-electron chi connectivity index (χ2n) is 3.98. The SMILES string of the molecule is C/C(=N/O)c1ccc(OCc2ccn(C)n2)cc1. The molecule has 18 heavy (non-hydrogen) atoms. The van der Waals surface area contributed by atoms with E-state index in [4.69, 9.17) is 9.94 Å². The van der Waals surface area contributed by atoms with E-state index in [1.54, 1.807) is 11.6 Å². The van der Waals surface area contributed by atoms with E-state index in [2.05, 4.69) is 10.3 Å². The van der Waals surface area contributed by atoms with Crippen LogP contribution in [0.4, 0.5) is 0 Å². The predicted octanol–water partition coefficient (Wildman–Crippen LogP) is 2.20. The van der Waals surface area contributed by atoms with Gasteiger partial charge in [0.2, 0.25) is 0 Å². The van der Waals surface area contributed by atoms with Crippen LogP contribution in [0, 0.1) is 0 Å². The highest BCUT2D eigenvalue weighted by atomic mass is 16.5. The van der Waals surface area contributed by atoms with Gasteiger partial charge in [0.25, 0.3) is 0 Å². The van der Waals surface area contributed by atoms with Gasteiger partial charge in [0.1, 0.15) is 12.4 Å². The van der Waals surface area contributed by atoms with Crippen LogP contribution in [0.5, 0.6) is 5.75 Å². The lowest BCUT2D eigenvalue weighted by Gasteiger charge is -2.05. The average Bonchev–Trinajstić information content (AvgIpc) is 2.82. The van der Waals surface area contributed by atoms with Gasteiger partial charge in [-0.15, -0.1) is 0 Å². The van der Waals surface area contributed by atoms with Crippen molar-refractivity contribution in [2.45, 2.75) is 13.5 Å². The molecule has 0 radical (unpaired) electrons. The number of ether oxygens (including phenoxy) is 1. The predicted molar refractivity (Wildman–Crippen MR) is 68.0 cm³/mol. The second kappa shape index (κ2) is 5.35. The van der Waals surface area contributed by atoms with Crippen LogP contribution < -0.4 is 4.74 Å². The summed E-state index contributed by atoms with van der Waals surface area (Å²) in [6, 6.07) is 9.29. The first-order valence-electron chi connectivity index (χ1n) is 5.59. The maximum atomic E-state index is 8.66. The van der Waals surface area contributed by atoms with Crippen LogP contribution in [0.1, 0.15) is 18.2 Å². The van der Waals surface area contributed by atoms with Gasteiger partial charge in [0.05, 0.1) is 11.4 Å². The Labute approximate surface area is 105 Å². The lowest BCUT2D eigenvalue weighted by Crippen LogP contribution is -1.99. The first-order chi connectivity index (χ1) is 8.69. The van der Waals surface area contributed by atoms with Crippen molar-refractivity contribution in [3.05, 3.63) is 47.8 Å². The summed E-state index contributed by atoms with van der Waals surface area (Å²) in [6.45, 7) is 2.18. The standard InChI is InChI=1S/C13H15N3O2/c1-10(15-17)11-3-5-13(6-4-11)18-9-12-7-8-16(2)14-12/h3-8,17H,9H2,1-2H3/b15-10-. The van der Waals surface area contributed by atoms with Crippen LogP contribution in [0.25, 0.3) is 0 Å². The first-order valence-corrected chi connectivity index (χ1v) is 5.59. The number of nitrogens with zero attached hydrogens (tertiary/aromatic N) is 3. The monoisotopic (exact) mass is 245 g/mol. The molecular weight excluding hydrogens is 230 g/mol. The van der Waals surface area contributed by atoms with Crippen LogP contribution in [0.2, 0.25) is 0 Å². The Morgan fingerprint density at radius 1 is 1.33 bits per heavy atom. The van der Waals surface area contributed by atoms with Crippen molar-refractivity contribution >= 4 is 5.71 Å². The van der Waals surface area contributed by atoms with Gasteiger partial charge in [0.15, 0.2) is 0 Å². The summed E-state index contributed by atoms with van der Waals surface area (Å²) < 4.78 is 7.33. The number of aryl methyl sites for hydroxylation is 1. The summed E-state index contributed by atoms with van der Waals surface area (Å²) in [6.07, 6.45) is 1.88. The number of rotatable bonds is 4. The molecule has 0 aliphatic rings. The van der Waals surface area contributed by atoms with Crippen LogP contribution in [0.3, 0.4) is 0 Å². The largest absolute Gasteiger partial charge is 0.487 e. The summed E-state index contributed by atoms with van der Waals surface area (Å²) in [5.74, 6) is 0.759. The molecule has 0 spiro atoms. The maximum Gasteiger partial charge on any atom is 0.132 e. The molecule has 0 fully saturated rings. The van der Waals surface area contributed by atoms with Gasteiger partial charge in [-0.2, -0.15) is 5.10 Å². The Kier molecular flexibility index (Phi) is 3.62. The van der Waals surface area contributed by atoms with E-state index in [0.717, 1.165) is 17.0 Å². The summed E-state index contributed by atoms with van der Waals surface area (Å²) in [5, 5.41) is 16.0. The molecule has 0 aliphatic heterocycles. The molecule has 2 rings (SSSR count). The zero-order chi connectivity index (χ0) is 13.0. The van der Waals surface area contributed by atoms with Crippen LogP contribution in [0.15, 0.2) is 41.7 Å². The lowest BCUT2D eigenvalue weighted by atomic mass is 10.1. The molecule has 1 heterocycles. The number of hydrogen-bond donors (Lipinski definition) is 1. The summed E-state index contributed by atoms with van der Waals surface area (Å²) in [4.78, 5) is 0. The van der Waals surface area contributed by atoms with E-state index < -0.39 is 0 Å². The molecule has 0 saturated carbocycles. The highest BCUT2D eigenvalue weighted by Crippen LogP contribution is 2.14.